The molecule has 9 heavy (non-hydrogen) atoms. The van der Waals surface area contributed by atoms with E-state index in [9.17, 15) is 0 Å². The lowest BCUT2D eigenvalue weighted by atomic mass is 10.4. The summed E-state index contributed by atoms with van der Waals surface area (Å²) in [5.74, 6) is 0. The highest BCUT2D eigenvalue weighted by Gasteiger charge is 2.27. The Morgan fingerprint density at radius 1 is 1.78 bits per heavy atom. The van der Waals surface area contributed by atoms with Crippen molar-refractivity contribution in [1.29, 1.82) is 0 Å². The minimum atomic E-state index is 0.402. The predicted octanol–water partition coefficient (Wildman–Crippen LogP) is 2.58. The lowest BCUT2D eigenvalue weighted by molar-refractivity contribution is 0.418. The van der Waals surface area contributed by atoms with Gasteiger partial charge in [0.1, 0.15) is 6.10 Å². The van der Waals surface area contributed by atoms with Crippen molar-refractivity contribution in [3.8, 4) is 0 Å². The molecule has 0 spiro atoms. The van der Waals surface area contributed by atoms with E-state index in [-0.39, 0.29) is 0 Å². The normalized spacial score (nSPS) is 24.3. The van der Waals surface area contributed by atoms with Crippen LogP contribution in [0.5, 0.6) is 0 Å². The van der Waals surface area contributed by atoms with Gasteiger partial charge in [-0.3, -0.25) is 0 Å². The third-order valence-electron chi connectivity index (χ3n) is 1.27. The van der Waals surface area contributed by atoms with Crippen LogP contribution in [0.1, 0.15) is 11.0 Å². The Morgan fingerprint density at radius 2 is 2.56 bits per heavy atom. The van der Waals surface area contributed by atoms with E-state index in [1.54, 1.807) is 11.3 Å². The summed E-state index contributed by atoms with van der Waals surface area (Å²) in [5, 5.41) is 2.07. The number of epoxide rings is 1. The third kappa shape index (κ3) is 1.04. The summed E-state index contributed by atoms with van der Waals surface area (Å²) < 4.78 is 6.30. The van der Waals surface area contributed by atoms with Gasteiger partial charge in [0, 0.05) is 9.35 Å². The quantitative estimate of drug-likeness (QED) is 0.642. The summed E-state index contributed by atoms with van der Waals surface area (Å²) in [4.78, 5) is 1.33. The molecule has 0 amide bonds. The molecule has 1 aliphatic heterocycles. The van der Waals surface area contributed by atoms with Crippen LogP contribution in [0.4, 0.5) is 0 Å². The van der Waals surface area contributed by atoms with Crippen molar-refractivity contribution in [2.24, 2.45) is 0 Å². The average molecular weight is 205 g/mol. The Kier molecular flexibility index (Phi) is 1.36. The van der Waals surface area contributed by atoms with E-state index in [4.69, 9.17) is 4.74 Å². The number of rotatable bonds is 1. The van der Waals surface area contributed by atoms with Crippen molar-refractivity contribution in [3.63, 3.8) is 0 Å². The molecule has 1 aromatic rings. The minimum absolute atomic E-state index is 0.402. The molecule has 2 heterocycles. The molecule has 0 unspecified atom stereocenters. The smallest absolute Gasteiger partial charge is 0.116 e. The monoisotopic (exact) mass is 204 g/mol. The highest BCUT2D eigenvalue weighted by molar-refractivity contribution is 9.10. The second-order valence-electron chi connectivity index (χ2n) is 1.95. The van der Waals surface area contributed by atoms with Crippen LogP contribution in [0.3, 0.4) is 0 Å². The number of hydrogen-bond acceptors (Lipinski definition) is 2. The summed E-state index contributed by atoms with van der Waals surface area (Å²) in [6.07, 6.45) is 0.402. The number of hydrogen-bond donors (Lipinski definition) is 0. The Labute approximate surface area is 65.8 Å². The van der Waals surface area contributed by atoms with Gasteiger partial charge in [0.2, 0.25) is 0 Å². The molecule has 48 valence electrons. The lowest BCUT2D eigenvalue weighted by Gasteiger charge is -1.86. The van der Waals surface area contributed by atoms with Crippen molar-refractivity contribution in [1.82, 2.24) is 0 Å². The Morgan fingerprint density at radius 3 is 3.00 bits per heavy atom. The van der Waals surface area contributed by atoms with Crippen LogP contribution < -0.4 is 0 Å². The van der Waals surface area contributed by atoms with Crippen molar-refractivity contribution >= 4 is 27.3 Å². The molecule has 0 aliphatic carbocycles. The molecule has 1 saturated heterocycles. The van der Waals surface area contributed by atoms with Crippen LogP contribution in [-0.4, -0.2) is 6.61 Å². The molecule has 1 aromatic heterocycles. The molecule has 3 heteroatoms. The molecular weight excluding hydrogens is 200 g/mol. The summed E-state index contributed by atoms with van der Waals surface area (Å²) in [6, 6.07) is 2.06. The van der Waals surface area contributed by atoms with Gasteiger partial charge in [0.25, 0.3) is 0 Å². The highest BCUT2D eigenvalue weighted by Crippen LogP contribution is 2.38. The molecule has 1 fully saturated rings. The molecule has 2 rings (SSSR count). The topological polar surface area (TPSA) is 12.5 Å². The van der Waals surface area contributed by atoms with Crippen LogP contribution in [-0.2, 0) is 4.74 Å². The molecular formula is C6H5BrOS. The average Bonchev–Trinajstić information content (AvgIpc) is 2.58. The maximum atomic E-state index is 5.11. The zero-order chi connectivity index (χ0) is 6.27. The van der Waals surface area contributed by atoms with E-state index in [1.165, 1.54) is 9.35 Å². The minimum Gasteiger partial charge on any atom is -0.367 e. The van der Waals surface area contributed by atoms with E-state index in [0.717, 1.165) is 6.61 Å². The van der Waals surface area contributed by atoms with Crippen LogP contribution in [0.15, 0.2) is 15.9 Å². The number of ether oxygens (including phenoxy) is 1. The maximum absolute atomic E-state index is 5.11. The van der Waals surface area contributed by atoms with Gasteiger partial charge in [-0.05, 0) is 27.4 Å². The van der Waals surface area contributed by atoms with Crippen LogP contribution >= 0.6 is 27.3 Å². The van der Waals surface area contributed by atoms with Crippen molar-refractivity contribution in [2.45, 2.75) is 6.10 Å². The van der Waals surface area contributed by atoms with E-state index in [1.807, 2.05) is 0 Å². The van der Waals surface area contributed by atoms with Gasteiger partial charge in [0.05, 0.1) is 6.61 Å². The largest absolute Gasteiger partial charge is 0.367 e. The molecule has 0 radical (unpaired) electrons. The second kappa shape index (κ2) is 2.08. The van der Waals surface area contributed by atoms with E-state index in [0.29, 0.717) is 6.10 Å². The summed E-state index contributed by atoms with van der Waals surface area (Å²) in [6.45, 7) is 0.902. The molecule has 0 aromatic carbocycles. The van der Waals surface area contributed by atoms with Gasteiger partial charge in [0.15, 0.2) is 0 Å². The van der Waals surface area contributed by atoms with Gasteiger partial charge in [-0.25, -0.2) is 0 Å². The number of thiophene rings is 1. The first-order valence-electron chi connectivity index (χ1n) is 2.72. The second-order valence-corrected chi connectivity index (χ2v) is 3.76. The fraction of sp³-hybridized carbons (Fsp3) is 0.333. The van der Waals surface area contributed by atoms with Crippen LogP contribution in [0, 0.1) is 0 Å². The predicted molar refractivity (Wildman–Crippen MR) is 40.7 cm³/mol. The lowest BCUT2D eigenvalue weighted by Crippen LogP contribution is -1.70. The molecule has 1 nitrogen and oxygen atoms in total. The Balaban J connectivity index is 2.35. The summed E-state index contributed by atoms with van der Waals surface area (Å²) >= 11 is 5.19. The zero-order valence-corrected chi connectivity index (χ0v) is 7.04. The first-order valence-corrected chi connectivity index (χ1v) is 4.39. The first-order chi connectivity index (χ1) is 4.38. The SMILES string of the molecule is Brc1ccsc1[C@@H]1CO1. The van der Waals surface area contributed by atoms with Crippen molar-refractivity contribution < 1.29 is 4.74 Å². The highest BCUT2D eigenvalue weighted by atomic mass is 79.9. The molecule has 1 atom stereocenters. The Bertz CT molecular complexity index is 217. The van der Waals surface area contributed by atoms with Crippen molar-refractivity contribution in [2.75, 3.05) is 6.61 Å². The van der Waals surface area contributed by atoms with Gasteiger partial charge < -0.3 is 4.74 Å². The number of halogens is 1. The molecule has 1 aliphatic rings. The first kappa shape index (κ1) is 5.89. The van der Waals surface area contributed by atoms with Gasteiger partial charge in [-0.15, -0.1) is 11.3 Å². The van der Waals surface area contributed by atoms with Crippen molar-refractivity contribution in [3.05, 3.63) is 20.8 Å². The fourth-order valence-electron chi connectivity index (χ4n) is 0.735. The maximum Gasteiger partial charge on any atom is 0.116 e. The van der Waals surface area contributed by atoms with E-state index in [2.05, 4.69) is 27.4 Å². The standard InChI is InChI=1S/C6H5BrOS/c7-4-1-2-9-6(4)5-3-8-5/h1-2,5H,3H2/t5-/m0/s1. The van der Waals surface area contributed by atoms with Gasteiger partial charge in [-0.2, -0.15) is 0 Å². The zero-order valence-electron chi connectivity index (χ0n) is 4.63. The fourth-order valence-corrected chi connectivity index (χ4v) is 2.40. The molecule has 0 saturated carbocycles. The Hall–Kier alpha value is 0.140. The summed E-state index contributed by atoms with van der Waals surface area (Å²) in [5.41, 5.74) is 0. The van der Waals surface area contributed by atoms with E-state index < -0.39 is 0 Å². The molecule has 0 N–H and O–H groups in total. The third-order valence-corrected chi connectivity index (χ3v) is 3.23. The summed E-state index contributed by atoms with van der Waals surface area (Å²) in [7, 11) is 0. The van der Waals surface area contributed by atoms with Gasteiger partial charge in [-0.1, -0.05) is 0 Å². The van der Waals surface area contributed by atoms with Crippen LogP contribution in [0.25, 0.3) is 0 Å². The van der Waals surface area contributed by atoms with Gasteiger partial charge >= 0.3 is 0 Å². The van der Waals surface area contributed by atoms with Crippen LogP contribution in [0.2, 0.25) is 0 Å². The van der Waals surface area contributed by atoms with E-state index >= 15 is 0 Å². The molecule has 0 bridgehead atoms.